The van der Waals surface area contributed by atoms with Crippen LogP contribution >= 0.6 is 0 Å². The molecule has 0 aromatic rings. The van der Waals surface area contributed by atoms with Crippen LogP contribution in [-0.4, -0.2) is 5.01 Å². The third-order valence-corrected chi connectivity index (χ3v) is 4.54. The lowest BCUT2D eigenvalue weighted by Crippen LogP contribution is -2.31. The molecule has 2 heteroatoms. The van der Waals surface area contributed by atoms with Crippen molar-refractivity contribution in [1.82, 2.24) is 5.01 Å². The first kappa shape index (κ1) is 15.1. The predicted molar refractivity (Wildman–Crippen MR) is 86.6 cm³/mol. The fraction of sp³-hybridized carbons (Fsp3) is 0.556. The van der Waals surface area contributed by atoms with E-state index in [1.807, 2.05) is 5.01 Å². The topological polar surface area (TPSA) is 29.3 Å². The Bertz CT molecular complexity index is 466. The molecule has 0 bridgehead atoms. The summed E-state index contributed by atoms with van der Waals surface area (Å²) in [6.45, 7) is 8.62. The van der Waals surface area contributed by atoms with Gasteiger partial charge in [0, 0.05) is 5.70 Å². The highest BCUT2D eigenvalue weighted by atomic mass is 15.4. The van der Waals surface area contributed by atoms with Crippen LogP contribution in [-0.2, 0) is 0 Å². The summed E-state index contributed by atoms with van der Waals surface area (Å²) in [6, 6.07) is 0. The fourth-order valence-corrected chi connectivity index (χ4v) is 3.28. The molecule has 0 saturated carbocycles. The predicted octanol–water partition coefficient (Wildman–Crippen LogP) is 4.97. The molecular weight excluding hydrogens is 244 g/mol. The van der Waals surface area contributed by atoms with Crippen LogP contribution in [0.1, 0.15) is 65.2 Å². The Morgan fingerprint density at radius 1 is 1.20 bits per heavy atom. The van der Waals surface area contributed by atoms with Gasteiger partial charge in [-0.1, -0.05) is 24.3 Å². The van der Waals surface area contributed by atoms with Crippen molar-refractivity contribution in [2.24, 2.45) is 5.84 Å². The molecule has 20 heavy (non-hydrogen) atoms. The summed E-state index contributed by atoms with van der Waals surface area (Å²) in [7, 11) is 0. The van der Waals surface area contributed by atoms with Gasteiger partial charge >= 0.3 is 0 Å². The molecule has 2 nitrogen and oxygen atoms in total. The molecule has 0 saturated heterocycles. The van der Waals surface area contributed by atoms with Gasteiger partial charge in [0.25, 0.3) is 0 Å². The minimum atomic E-state index is 0.955. The van der Waals surface area contributed by atoms with Gasteiger partial charge in [0.1, 0.15) is 0 Å². The number of nitrogens with two attached hydrogens (primary N) is 1. The summed E-state index contributed by atoms with van der Waals surface area (Å²) in [5.41, 5.74) is 6.41. The van der Waals surface area contributed by atoms with Crippen LogP contribution in [0, 0.1) is 0 Å². The fourth-order valence-electron chi connectivity index (χ4n) is 3.28. The van der Waals surface area contributed by atoms with Crippen LogP contribution in [0.3, 0.4) is 0 Å². The van der Waals surface area contributed by atoms with Crippen molar-refractivity contribution >= 4 is 0 Å². The van der Waals surface area contributed by atoms with E-state index >= 15 is 0 Å². The molecule has 0 radical (unpaired) electrons. The Balaban J connectivity index is 2.19. The van der Waals surface area contributed by atoms with Gasteiger partial charge in [0.2, 0.25) is 0 Å². The number of allylic oxidation sites excluding steroid dienone is 5. The van der Waals surface area contributed by atoms with Gasteiger partial charge in [0.05, 0.1) is 5.70 Å². The first-order chi connectivity index (χ1) is 9.65. The molecular formula is C18H28N2. The lowest BCUT2D eigenvalue weighted by Gasteiger charge is -2.30. The highest BCUT2D eigenvalue weighted by Gasteiger charge is 2.19. The molecule has 2 aliphatic rings. The maximum absolute atomic E-state index is 6.32. The Morgan fingerprint density at radius 3 is 2.50 bits per heavy atom. The maximum Gasteiger partial charge on any atom is 0.0571 e. The SMILES string of the molecule is C=C(/C(=C/C)C1=C(C)CCCC1)N(N)C1=CCCCC1. The lowest BCUT2D eigenvalue weighted by molar-refractivity contribution is 0.419. The molecule has 2 aliphatic carbocycles. The van der Waals surface area contributed by atoms with Crippen LogP contribution in [0.2, 0.25) is 0 Å². The maximum atomic E-state index is 6.32. The number of hydrazine groups is 1. The first-order valence-electron chi connectivity index (χ1n) is 7.93. The molecule has 0 spiro atoms. The quantitative estimate of drug-likeness (QED) is 0.445. The monoisotopic (exact) mass is 272 g/mol. The Morgan fingerprint density at radius 2 is 1.90 bits per heavy atom. The average molecular weight is 272 g/mol. The third kappa shape index (κ3) is 3.24. The molecule has 0 amide bonds. The van der Waals surface area contributed by atoms with Gasteiger partial charge in [-0.25, -0.2) is 5.84 Å². The van der Waals surface area contributed by atoms with Crippen LogP contribution in [0.4, 0.5) is 0 Å². The Hall–Kier alpha value is -1.28. The smallest absolute Gasteiger partial charge is 0.0571 e. The van der Waals surface area contributed by atoms with E-state index in [1.54, 1.807) is 0 Å². The van der Waals surface area contributed by atoms with Gasteiger partial charge in [-0.3, -0.25) is 5.01 Å². The normalized spacial score (nSPS) is 20.8. The van der Waals surface area contributed by atoms with E-state index < -0.39 is 0 Å². The largest absolute Gasteiger partial charge is 0.284 e. The molecule has 0 atom stereocenters. The summed E-state index contributed by atoms with van der Waals surface area (Å²) in [4.78, 5) is 0. The standard InChI is InChI=1S/C18H28N2/c1-4-17(18-13-9-8-10-14(18)2)15(3)20(19)16-11-6-5-7-12-16/h4,11H,3,5-10,12-13,19H2,1-2H3/b17-4-. The molecule has 2 rings (SSSR count). The number of hydrogen-bond acceptors (Lipinski definition) is 2. The van der Waals surface area contributed by atoms with Crippen molar-refractivity contribution in [3.8, 4) is 0 Å². The second kappa shape index (κ2) is 6.94. The number of nitrogens with zero attached hydrogens (tertiary/aromatic N) is 1. The highest BCUT2D eigenvalue weighted by Crippen LogP contribution is 2.34. The molecule has 0 unspecified atom stereocenters. The molecule has 0 fully saturated rings. The molecule has 2 N–H and O–H groups in total. The molecule has 0 aromatic carbocycles. The van der Waals surface area contributed by atoms with Gasteiger partial charge in [-0.15, -0.1) is 0 Å². The summed E-state index contributed by atoms with van der Waals surface area (Å²) in [5.74, 6) is 6.32. The van der Waals surface area contributed by atoms with E-state index in [0.29, 0.717) is 0 Å². The molecule has 0 aliphatic heterocycles. The number of hydrogen-bond donors (Lipinski definition) is 1. The van der Waals surface area contributed by atoms with Crippen molar-refractivity contribution < 1.29 is 0 Å². The van der Waals surface area contributed by atoms with E-state index in [0.717, 1.165) is 25.0 Å². The Labute approximate surface area is 123 Å². The van der Waals surface area contributed by atoms with E-state index in [4.69, 9.17) is 5.84 Å². The zero-order valence-corrected chi connectivity index (χ0v) is 13.0. The minimum Gasteiger partial charge on any atom is -0.284 e. The second-order valence-corrected chi connectivity index (χ2v) is 5.93. The van der Waals surface area contributed by atoms with Crippen molar-refractivity contribution in [2.75, 3.05) is 0 Å². The van der Waals surface area contributed by atoms with Crippen molar-refractivity contribution in [3.05, 3.63) is 46.8 Å². The van der Waals surface area contributed by atoms with Crippen LogP contribution in [0.15, 0.2) is 46.8 Å². The van der Waals surface area contributed by atoms with Gasteiger partial charge in [-0.05, 0) is 76.4 Å². The van der Waals surface area contributed by atoms with E-state index in [1.165, 1.54) is 54.5 Å². The van der Waals surface area contributed by atoms with Crippen molar-refractivity contribution in [3.63, 3.8) is 0 Å². The van der Waals surface area contributed by atoms with E-state index in [9.17, 15) is 0 Å². The summed E-state index contributed by atoms with van der Waals surface area (Å²) in [6.07, 6.45) is 14.2. The zero-order chi connectivity index (χ0) is 14.5. The van der Waals surface area contributed by atoms with Gasteiger partial charge in [0.15, 0.2) is 0 Å². The number of rotatable bonds is 4. The first-order valence-corrected chi connectivity index (χ1v) is 7.93. The van der Waals surface area contributed by atoms with Crippen LogP contribution < -0.4 is 5.84 Å². The van der Waals surface area contributed by atoms with Gasteiger partial charge < -0.3 is 0 Å². The average Bonchev–Trinajstić information content (AvgIpc) is 2.50. The molecule has 0 aromatic heterocycles. The van der Waals surface area contributed by atoms with Crippen molar-refractivity contribution in [2.45, 2.75) is 65.2 Å². The van der Waals surface area contributed by atoms with Gasteiger partial charge in [-0.2, -0.15) is 0 Å². The van der Waals surface area contributed by atoms with Crippen LogP contribution in [0.5, 0.6) is 0 Å². The highest BCUT2D eigenvalue weighted by molar-refractivity contribution is 5.48. The second-order valence-electron chi connectivity index (χ2n) is 5.93. The minimum absolute atomic E-state index is 0.955. The third-order valence-electron chi connectivity index (χ3n) is 4.54. The Kier molecular flexibility index (Phi) is 5.24. The van der Waals surface area contributed by atoms with Crippen LogP contribution in [0.25, 0.3) is 0 Å². The van der Waals surface area contributed by atoms with E-state index in [-0.39, 0.29) is 0 Å². The van der Waals surface area contributed by atoms with E-state index in [2.05, 4.69) is 32.6 Å². The lowest BCUT2D eigenvalue weighted by atomic mass is 9.86. The zero-order valence-electron chi connectivity index (χ0n) is 13.0. The summed E-state index contributed by atoms with van der Waals surface area (Å²) < 4.78 is 0. The molecule has 0 heterocycles. The summed E-state index contributed by atoms with van der Waals surface area (Å²) in [5, 5.41) is 1.82. The van der Waals surface area contributed by atoms with Crippen molar-refractivity contribution in [1.29, 1.82) is 0 Å². The molecule has 110 valence electrons. The summed E-state index contributed by atoms with van der Waals surface area (Å²) >= 11 is 0.